The molecule has 0 aromatic heterocycles. The van der Waals surface area contributed by atoms with E-state index in [0.29, 0.717) is 6.07 Å². The van der Waals surface area contributed by atoms with E-state index in [1.807, 2.05) is 0 Å². The molecular weight excluding hydrogens is 278 g/mol. The molecule has 0 aliphatic carbocycles. The van der Waals surface area contributed by atoms with Crippen LogP contribution >= 0.6 is 11.8 Å². The molecule has 1 aromatic carbocycles. The first kappa shape index (κ1) is 13.5. The third-order valence-electron chi connectivity index (χ3n) is 2.27. The third kappa shape index (κ3) is 3.28. The lowest BCUT2D eigenvalue weighted by atomic mass is 10.3. The lowest BCUT2D eigenvalue weighted by Crippen LogP contribution is -2.26. The van der Waals surface area contributed by atoms with E-state index >= 15 is 0 Å². The molecule has 0 radical (unpaired) electrons. The van der Waals surface area contributed by atoms with Gasteiger partial charge in [-0.25, -0.2) is 13.8 Å². The zero-order chi connectivity index (χ0) is 14.0. The molecule has 1 atom stereocenters. The van der Waals surface area contributed by atoms with Crippen molar-refractivity contribution in [3.63, 3.8) is 0 Å². The van der Waals surface area contributed by atoms with Gasteiger partial charge in [-0.2, -0.15) is 0 Å². The Morgan fingerprint density at radius 1 is 1.47 bits per heavy atom. The maximum Gasteiger partial charge on any atom is 0.305 e. The zero-order valence-electron chi connectivity index (χ0n) is 9.39. The van der Waals surface area contributed by atoms with Crippen LogP contribution in [-0.2, 0) is 9.59 Å². The van der Waals surface area contributed by atoms with E-state index in [-0.39, 0.29) is 17.3 Å². The minimum absolute atomic E-state index is 0.0989. The van der Waals surface area contributed by atoms with Crippen molar-refractivity contribution in [3.8, 4) is 0 Å². The number of hydrogen-bond acceptors (Lipinski definition) is 4. The van der Waals surface area contributed by atoms with E-state index < -0.39 is 28.8 Å². The van der Waals surface area contributed by atoms with Gasteiger partial charge in [-0.15, -0.1) is 0 Å². The van der Waals surface area contributed by atoms with Crippen LogP contribution in [0.15, 0.2) is 23.2 Å². The van der Waals surface area contributed by atoms with Crippen LogP contribution in [0.1, 0.15) is 6.42 Å². The Morgan fingerprint density at radius 2 is 2.21 bits per heavy atom. The fraction of sp³-hybridized carbons (Fsp3) is 0.182. The molecule has 1 amide bonds. The van der Waals surface area contributed by atoms with Crippen molar-refractivity contribution in [1.29, 1.82) is 0 Å². The monoisotopic (exact) mass is 286 g/mol. The molecule has 1 saturated heterocycles. The average Bonchev–Trinajstić information content (AvgIpc) is 2.62. The normalized spacial score (nSPS) is 20.6. The number of benzene rings is 1. The van der Waals surface area contributed by atoms with Crippen molar-refractivity contribution in [2.24, 2.45) is 4.99 Å². The Bertz CT molecular complexity index is 577. The second-order valence-electron chi connectivity index (χ2n) is 3.71. The number of amidine groups is 1. The van der Waals surface area contributed by atoms with Crippen molar-refractivity contribution in [2.75, 3.05) is 0 Å². The van der Waals surface area contributed by atoms with Gasteiger partial charge >= 0.3 is 5.97 Å². The molecule has 0 bridgehead atoms. The van der Waals surface area contributed by atoms with Gasteiger partial charge in [0, 0.05) is 6.07 Å². The van der Waals surface area contributed by atoms with Crippen molar-refractivity contribution in [2.45, 2.75) is 11.7 Å². The predicted molar refractivity (Wildman–Crippen MR) is 65.2 cm³/mol. The summed E-state index contributed by atoms with van der Waals surface area (Å²) in [5, 5.41) is 10.3. The van der Waals surface area contributed by atoms with Gasteiger partial charge in [-0.05, 0) is 12.1 Å². The first-order chi connectivity index (χ1) is 8.95. The standard InChI is InChI=1S/C11H8F2N2O3S/c12-5-1-2-7(6(13)3-5)14-11-15-10(18)8(19-11)4-9(16)17/h1-3,8H,4H2,(H,16,17)(H,14,15,18). The Labute approximate surface area is 110 Å². The minimum atomic E-state index is -1.11. The van der Waals surface area contributed by atoms with E-state index in [4.69, 9.17) is 5.11 Å². The van der Waals surface area contributed by atoms with Gasteiger partial charge in [0.25, 0.3) is 0 Å². The summed E-state index contributed by atoms with van der Waals surface area (Å²) in [6.45, 7) is 0. The van der Waals surface area contributed by atoms with E-state index in [1.54, 1.807) is 0 Å². The van der Waals surface area contributed by atoms with Gasteiger partial charge in [0.15, 0.2) is 11.0 Å². The van der Waals surface area contributed by atoms with Gasteiger partial charge in [-0.1, -0.05) is 11.8 Å². The smallest absolute Gasteiger partial charge is 0.305 e. The number of hydrogen-bond donors (Lipinski definition) is 2. The fourth-order valence-corrected chi connectivity index (χ4v) is 2.40. The number of nitrogens with one attached hydrogen (secondary N) is 1. The summed E-state index contributed by atoms with van der Waals surface area (Å²) in [6, 6.07) is 2.85. The average molecular weight is 286 g/mol. The second-order valence-corrected chi connectivity index (χ2v) is 4.90. The van der Waals surface area contributed by atoms with Gasteiger partial charge < -0.3 is 10.4 Å². The molecule has 1 unspecified atom stereocenters. The largest absolute Gasteiger partial charge is 0.481 e. The number of aliphatic carboxylic acids is 1. The van der Waals surface area contributed by atoms with E-state index in [1.165, 1.54) is 0 Å². The first-order valence-electron chi connectivity index (χ1n) is 5.19. The molecule has 2 rings (SSSR count). The molecule has 1 aliphatic heterocycles. The number of amides is 1. The molecule has 5 nitrogen and oxygen atoms in total. The van der Waals surface area contributed by atoms with Crippen molar-refractivity contribution >= 4 is 34.5 Å². The molecule has 1 aliphatic rings. The number of carboxylic acids is 1. The summed E-state index contributed by atoms with van der Waals surface area (Å²) >= 11 is 0.903. The van der Waals surface area contributed by atoms with Crippen molar-refractivity contribution in [1.82, 2.24) is 5.32 Å². The number of rotatable bonds is 3. The van der Waals surface area contributed by atoms with E-state index in [2.05, 4.69) is 10.3 Å². The number of aliphatic imine (C=N–C) groups is 1. The molecule has 1 aromatic rings. The number of thioether (sulfide) groups is 1. The predicted octanol–water partition coefficient (Wildman–Crippen LogP) is 1.66. The molecule has 8 heteroatoms. The summed E-state index contributed by atoms with van der Waals surface area (Å²) in [5.74, 6) is -3.19. The number of halogens is 2. The summed E-state index contributed by atoms with van der Waals surface area (Å²) in [7, 11) is 0. The van der Waals surface area contributed by atoms with Crippen LogP contribution in [0.4, 0.5) is 14.5 Å². The van der Waals surface area contributed by atoms with Crippen LogP contribution in [0, 0.1) is 11.6 Å². The van der Waals surface area contributed by atoms with Crippen LogP contribution in [0.25, 0.3) is 0 Å². The lowest BCUT2D eigenvalue weighted by molar-refractivity contribution is -0.138. The van der Waals surface area contributed by atoms with Crippen LogP contribution < -0.4 is 5.32 Å². The topological polar surface area (TPSA) is 78.8 Å². The molecule has 0 saturated carbocycles. The van der Waals surface area contributed by atoms with E-state index in [0.717, 1.165) is 23.9 Å². The highest BCUT2D eigenvalue weighted by molar-refractivity contribution is 8.15. The van der Waals surface area contributed by atoms with Gasteiger partial charge in [-0.3, -0.25) is 9.59 Å². The molecule has 100 valence electrons. The quantitative estimate of drug-likeness (QED) is 0.885. The van der Waals surface area contributed by atoms with Crippen LogP contribution in [0.5, 0.6) is 0 Å². The number of nitrogens with zero attached hydrogens (tertiary/aromatic N) is 1. The van der Waals surface area contributed by atoms with Crippen LogP contribution in [0.2, 0.25) is 0 Å². The van der Waals surface area contributed by atoms with Crippen LogP contribution in [0.3, 0.4) is 0 Å². The Hall–Kier alpha value is -1.96. The summed E-state index contributed by atoms with van der Waals surface area (Å²) in [6.07, 6.45) is -0.346. The molecule has 2 N–H and O–H groups in total. The Kier molecular flexibility index (Phi) is 3.79. The summed E-state index contributed by atoms with van der Waals surface area (Å²) < 4.78 is 26.0. The molecular formula is C11H8F2N2O3S. The fourth-order valence-electron chi connectivity index (χ4n) is 1.43. The van der Waals surface area contributed by atoms with Crippen molar-refractivity contribution in [3.05, 3.63) is 29.8 Å². The SMILES string of the molecule is O=C(O)CC1SC(=Nc2ccc(F)cc2F)NC1=O. The number of carbonyl (C=O) groups excluding carboxylic acids is 1. The maximum atomic E-state index is 13.3. The summed E-state index contributed by atoms with van der Waals surface area (Å²) in [5.41, 5.74) is -0.125. The van der Waals surface area contributed by atoms with Gasteiger partial charge in [0.2, 0.25) is 5.91 Å². The molecule has 0 spiro atoms. The van der Waals surface area contributed by atoms with Crippen molar-refractivity contribution < 1.29 is 23.5 Å². The van der Waals surface area contributed by atoms with Gasteiger partial charge in [0.1, 0.15) is 16.8 Å². The third-order valence-corrected chi connectivity index (χ3v) is 3.35. The Balaban J connectivity index is 2.17. The maximum absolute atomic E-state index is 13.3. The lowest BCUT2D eigenvalue weighted by Gasteiger charge is -1.99. The van der Waals surface area contributed by atoms with Gasteiger partial charge in [0.05, 0.1) is 6.42 Å². The number of carboxylic acid groups (broad SMARTS) is 1. The van der Waals surface area contributed by atoms with E-state index in [9.17, 15) is 18.4 Å². The zero-order valence-corrected chi connectivity index (χ0v) is 10.2. The number of carbonyl (C=O) groups is 2. The molecule has 1 fully saturated rings. The summed E-state index contributed by atoms with van der Waals surface area (Å²) in [4.78, 5) is 25.8. The first-order valence-corrected chi connectivity index (χ1v) is 6.07. The Morgan fingerprint density at radius 3 is 2.84 bits per heavy atom. The molecule has 19 heavy (non-hydrogen) atoms. The van der Waals surface area contributed by atoms with Crippen LogP contribution in [-0.4, -0.2) is 27.4 Å². The highest BCUT2D eigenvalue weighted by atomic mass is 32.2. The highest BCUT2D eigenvalue weighted by Crippen LogP contribution is 2.26. The molecule has 1 heterocycles. The minimum Gasteiger partial charge on any atom is -0.481 e. The highest BCUT2D eigenvalue weighted by Gasteiger charge is 2.32. The second kappa shape index (κ2) is 5.35.